The number of rotatable bonds is 3. The molecule has 7 heteroatoms. The third kappa shape index (κ3) is 2.86. The van der Waals surface area contributed by atoms with Crippen molar-refractivity contribution in [2.45, 2.75) is 19.4 Å². The highest BCUT2D eigenvalue weighted by Crippen LogP contribution is 2.20. The lowest BCUT2D eigenvalue weighted by Crippen LogP contribution is -2.59. The maximum atomic E-state index is 13.7. The molecule has 1 N–H and O–H groups in total. The average Bonchev–Trinajstić information content (AvgIpc) is 2.45. The Balaban J connectivity index is 2.31. The number of hydrogen-bond acceptors (Lipinski definition) is 4. The molecule has 112 valence electrons. The predicted molar refractivity (Wildman–Crippen MR) is 71.2 cm³/mol. The van der Waals surface area contributed by atoms with Gasteiger partial charge >= 0.3 is 0 Å². The molecule has 0 spiro atoms. The number of imide groups is 1. The van der Waals surface area contributed by atoms with Gasteiger partial charge < -0.3 is 9.64 Å². The fourth-order valence-electron chi connectivity index (χ4n) is 2.25. The van der Waals surface area contributed by atoms with Crippen LogP contribution in [0.5, 0.6) is 5.75 Å². The number of ether oxygens (including phenoxy) is 1. The van der Waals surface area contributed by atoms with Crippen LogP contribution in [-0.4, -0.2) is 42.3 Å². The fourth-order valence-corrected chi connectivity index (χ4v) is 2.25. The summed E-state index contributed by atoms with van der Waals surface area (Å²) in [6.45, 7) is 1.51. The number of nitrogens with zero attached hydrogens (tertiary/aromatic N) is 1. The van der Waals surface area contributed by atoms with Gasteiger partial charge in [0.05, 0.1) is 7.11 Å². The number of amides is 3. The van der Waals surface area contributed by atoms with E-state index in [0.29, 0.717) is 6.42 Å². The smallest absolute Gasteiger partial charge is 0.255 e. The van der Waals surface area contributed by atoms with E-state index in [4.69, 9.17) is 4.74 Å². The van der Waals surface area contributed by atoms with Gasteiger partial charge in [-0.2, -0.15) is 0 Å². The summed E-state index contributed by atoms with van der Waals surface area (Å²) in [4.78, 5) is 36.7. The summed E-state index contributed by atoms with van der Waals surface area (Å²) in [6.07, 6.45) is 0.365. The van der Waals surface area contributed by atoms with Crippen LogP contribution in [0, 0.1) is 5.82 Å². The molecule has 1 aromatic carbocycles. The zero-order chi connectivity index (χ0) is 15.6. The summed E-state index contributed by atoms with van der Waals surface area (Å²) in [7, 11) is 1.32. The average molecular weight is 294 g/mol. The zero-order valence-corrected chi connectivity index (χ0v) is 11.7. The molecule has 1 atom stereocenters. The lowest BCUT2D eigenvalue weighted by atomic mass is 10.1. The molecule has 1 fully saturated rings. The van der Waals surface area contributed by atoms with E-state index in [1.807, 2.05) is 0 Å². The second-order valence-electron chi connectivity index (χ2n) is 4.62. The molecule has 1 aromatic rings. The van der Waals surface area contributed by atoms with Gasteiger partial charge in [0.2, 0.25) is 11.8 Å². The van der Waals surface area contributed by atoms with Crippen molar-refractivity contribution >= 4 is 17.7 Å². The summed E-state index contributed by atoms with van der Waals surface area (Å²) >= 11 is 0. The topological polar surface area (TPSA) is 75.7 Å². The number of carbonyl (C=O) groups is 3. The van der Waals surface area contributed by atoms with Gasteiger partial charge in [-0.15, -0.1) is 0 Å². The molecule has 0 aromatic heterocycles. The Morgan fingerprint density at radius 2 is 2.19 bits per heavy atom. The van der Waals surface area contributed by atoms with E-state index in [1.165, 1.54) is 19.2 Å². The standard InChI is InChI=1S/C14H15FN2O4/c1-3-10-13(19)16-12(18)7-17(10)14(20)8-4-5-11(21-2)9(15)6-8/h4-6,10H,3,7H2,1-2H3,(H,16,18,19). The minimum Gasteiger partial charge on any atom is -0.494 e. The fraction of sp³-hybridized carbons (Fsp3) is 0.357. The van der Waals surface area contributed by atoms with Crippen LogP contribution in [0.15, 0.2) is 18.2 Å². The molecule has 1 aliphatic heterocycles. The second kappa shape index (κ2) is 5.90. The first kappa shape index (κ1) is 15.0. The molecule has 6 nitrogen and oxygen atoms in total. The van der Waals surface area contributed by atoms with Crippen molar-refractivity contribution in [3.8, 4) is 5.75 Å². The molecule has 1 aliphatic rings. The van der Waals surface area contributed by atoms with Gasteiger partial charge in [0.25, 0.3) is 5.91 Å². The van der Waals surface area contributed by atoms with Gasteiger partial charge in [-0.25, -0.2) is 4.39 Å². The van der Waals surface area contributed by atoms with Crippen molar-refractivity contribution < 1.29 is 23.5 Å². The summed E-state index contributed by atoms with van der Waals surface area (Å²) in [5.41, 5.74) is 0.0641. The van der Waals surface area contributed by atoms with Crippen LogP contribution in [0.1, 0.15) is 23.7 Å². The Labute approximate surface area is 120 Å². The van der Waals surface area contributed by atoms with E-state index >= 15 is 0 Å². The highest BCUT2D eigenvalue weighted by atomic mass is 19.1. The molecule has 3 amide bonds. The Bertz CT molecular complexity index is 603. The van der Waals surface area contributed by atoms with Crippen LogP contribution in [0.25, 0.3) is 0 Å². The van der Waals surface area contributed by atoms with Crippen molar-refractivity contribution in [2.24, 2.45) is 0 Å². The van der Waals surface area contributed by atoms with Crippen molar-refractivity contribution in [3.63, 3.8) is 0 Å². The third-order valence-electron chi connectivity index (χ3n) is 3.30. The first-order valence-corrected chi connectivity index (χ1v) is 6.46. The van der Waals surface area contributed by atoms with Crippen molar-refractivity contribution in [2.75, 3.05) is 13.7 Å². The summed E-state index contributed by atoms with van der Waals surface area (Å²) in [6, 6.07) is 3.02. The van der Waals surface area contributed by atoms with E-state index in [1.54, 1.807) is 6.92 Å². The first-order chi connectivity index (χ1) is 9.97. The van der Waals surface area contributed by atoms with E-state index in [-0.39, 0.29) is 17.9 Å². The molecule has 0 bridgehead atoms. The number of methoxy groups -OCH3 is 1. The van der Waals surface area contributed by atoms with Gasteiger partial charge in [0.15, 0.2) is 11.6 Å². The maximum absolute atomic E-state index is 13.7. The molecule has 1 unspecified atom stereocenters. The Morgan fingerprint density at radius 1 is 1.48 bits per heavy atom. The lowest BCUT2D eigenvalue weighted by Gasteiger charge is -2.33. The molecule has 2 rings (SSSR count). The number of hydrogen-bond donors (Lipinski definition) is 1. The Morgan fingerprint density at radius 3 is 2.76 bits per heavy atom. The highest BCUT2D eigenvalue weighted by Gasteiger charge is 2.36. The number of benzene rings is 1. The van der Waals surface area contributed by atoms with Gasteiger partial charge in [-0.1, -0.05) is 6.92 Å². The monoisotopic (exact) mass is 294 g/mol. The van der Waals surface area contributed by atoms with Crippen molar-refractivity contribution in [3.05, 3.63) is 29.6 Å². The summed E-state index contributed by atoms with van der Waals surface area (Å²) in [5.74, 6) is -2.29. The molecule has 0 saturated carbocycles. The lowest BCUT2D eigenvalue weighted by molar-refractivity contribution is -0.138. The molecular weight excluding hydrogens is 279 g/mol. The normalized spacial score (nSPS) is 18.4. The van der Waals surface area contributed by atoms with E-state index in [0.717, 1.165) is 11.0 Å². The highest BCUT2D eigenvalue weighted by molar-refractivity contribution is 6.07. The minimum absolute atomic E-state index is 0.0195. The molecule has 0 aliphatic carbocycles. The van der Waals surface area contributed by atoms with Crippen LogP contribution >= 0.6 is 0 Å². The molecule has 1 heterocycles. The largest absolute Gasteiger partial charge is 0.494 e. The minimum atomic E-state index is -0.736. The van der Waals surface area contributed by atoms with Gasteiger partial charge in [0, 0.05) is 5.56 Å². The van der Waals surface area contributed by atoms with Crippen molar-refractivity contribution in [1.29, 1.82) is 0 Å². The van der Waals surface area contributed by atoms with Gasteiger partial charge in [0.1, 0.15) is 12.6 Å². The number of piperazine rings is 1. The zero-order valence-electron chi connectivity index (χ0n) is 11.7. The maximum Gasteiger partial charge on any atom is 0.255 e. The SMILES string of the molecule is CCC1C(=O)NC(=O)CN1C(=O)c1ccc(OC)c(F)c1. The van der Waals surface area contributed by atoms with Gasteiger partial charge in [-0.05, 0) is 24.6 Å². The summed E-state index contributed by atoms with van der Waals surface area (Å²) in [5, 5.41) is 2.18. The number of carbonyl (C=O) groups excluding carboxylic acids is 3. The van der Waals surface area contributed by atoms with Gasteiger partial charge in [-0.3, -0.25) is 19.7 Å². The van der Waals surface area contributed by atoms with Crippen LogP contribution in [0.2, 0.25) is 0 Å². The van der Waals surface area contributed by atoms with Crippen LogP contribution in [-0.2, 0) is 9.59 Å². The molecular formula is C14H15FN2O4. The quantitative estimate of drug-likeness (QED) is 0.833. The van der Waals surface area contributed by atoms with Crippen LogP contribution in [0.3, 0.4) is 0 Å². The second-order valence-corrected chi connectivity index (χ2v) is 4.62. The predicted octanol–water partition coefficient (Wildman–Crippen LogP) is 0.711. The first-order valence-electron chi connectivity index (χ1n) is 6.46. The van der Waals surface area contributed by atoms with E-state index in [2.05, 4.69) is 5.32 Å². The molecule has 0 radical (unpaired) electrons. The molecule has 1 saturated heterocycles. The number of halogens is 1. The Hall–Kier alpha value is -2.44. The summed E-state index contributed by atoms with van der Waals surface area (Å²) < 4.78 is 18.5. The number of nitrogens with one attached hydrogen (secondary N) is 1. The van der Waals surface area contributed by atoms with Crippen LogP contribution in [0.4, 0.5) is 4.39 Å². The van der Waals surface area contributed by atoms with E-state index < -0.39 is 29.6 Å². The Kier molecular flexibility index (Phi) is 4.21. The van der Waals surface area contributed by atoms with E-state index in [9.17, 15) is 18.8 Å². The van der Waals surface area contributed by atoms with Crippen LogP contribution < -0.4 is 10.1 Å². The molecule has 21 heavy (non-hydrogen) atoms. The third-order valence-corrected chi connectivity index (χ3v) is 3.30. The van der Waals surface area contributed by atoms with Crippen molar-refractivity contribution in [1.82, 2.24) is 10.2 Å².